The summed E-state index contributed by atoms with van der Waals surface area (Å²) >= 11 is 5.96. The highest BCUT2D eigenvalue weighted by atomic mass is 35.5. The summed E-state index contributed by atoms with van der Waals surface area (Å²) in [5.41, 5.74) is 2.57. The van der Waals surface area contributed by atoms with E-state index in [-0.39, 0.29) is 17.1 Å². The Kier molecular flexibility index (Phi) is 7.58. The molecule has 6 heteroatoms. The van der Waals surface area contributed by atoms with Crippen molar-refractivity contribution in [2.24, 2.45) is 0 Å². The minimum absolute atomic E-state index is 0.122. The van der Waals surface area contributed by atoms with Gasteiger partial charge in [0.15, 0.2) is 5.78 Å². The molecule has 0 heterocycles. The lowest BCUT2D eigenvalue weighted by Gasteiger charge is -2.12. The monoisotopic (exact) mass is 450 g/mol. The Morgan fingerprint density at radius 3 is 2.22 bits per heavy atom. The standard InChI is InChI=1S/C26H23ClO5/c1-30-20-9-5-17(6-10-20)4-7-18-14-21(31-2)16-26(32-3)22(18)11-13-25(29)23-15-19(27)8-12-24(23)28/h4-16,28H,1-3H3/b7-4+,13-11+. The highest BCUT2D eigenvalue weighted by molar-refractivity contribution is 6.31. The van der Waals surface area contributed by atoms with Gasteiger partial charge in [-0.25, -0.2) is 0 Å². The van der Waals surface area contributed by atoms with E-state index in [0.29, 0.717) is 22.1 Å². The second-order valence-corrected chi connectivity index (χ2v) is 7.23. The van der Waals surface area contributed by atoms with Crippen molar-refractivity contribution in [2.45, 2.75) is 0 Å². The third-order valence-corrected chi connectivity index (χ3v) is 5.03. The SMILES string of the molecule is COc1ccc(/C=C/c2cc(OC)cc(OC)c2/C=C/C(=O)c2cc(Cl)ccc2O)cc1. The molecule has 5 nitrogen and oxygen atoms in total. The Balaban J connectivity index is 1.99. The third-order valence-electron chi connectivity index (χ3n) is 4.80. The zero-order valence-corrected chi connectivity index (χ0v) is 18.7. The summed E-state index contributed by atoms with van der Waals surface area (Å²) in [5.74, 6) is 1.42. The molecule has 0 spiro atoms. The van der Waals surface area contributed by atoms with Crippen molar-refractivity contribution in [1.29, 1.82) is 0 Å². The molecule has 0 aromatic heterocycles. The predicted molar refractivity (Wildman–Crippen MR) is 128 cm³/mol. The molecule has 1 N–H and O–H groups in total. The molecule has 0 aliphatic carbocycles. The van der Waals surface area contributed by atoms with E-state index in [1.807, 2.05) is 42.5 Å². The number of benzene rings is 3. The van der Waals surface area contributed by atoms with Crippen LogP contribution in [0.15, 0.2) is 60.7 Å². The molecule has 0 fully saturated rings. The lowest BCUT2D eigenvalue weighted by Crippen LogP contribution is -1.97. The fourth-order valence-corrected chi connectivity index (χ4v) is 3.25. The topological polar surface area (TPSA) is 65.0 Å². The van der Waals surface area contributed by atoms with Crippen molar-refractivity contribution in [3.8, 4) is 23.0 Å². The van der Waals surface area contributed by atoms with Gasteiger partial charge in [-0.3, -0.25) is 4.79 Å². The maximum atomic E-state index is 12.7. The maximum absolute atomic E-state index is 12.7. The molecule has 0 radical (unpaired) electrons. The highest BCUT2D eigenvalue weighted by Crippen LogP contribution is 2.32. The number of carbonyl (C=O) groups is 1. The van der Waals surface area contributed by atoms with Crippen LogP contribution in [0.2, 0.25) is 5.02 Å². The normalized spacial score (nSPS) is 11.1. The van der Waals surface area contributed by atoms with Crippen molar-refractivity contribution >= 4 is 35.6 Å². The number of rotatable bonds is 8. The number of ether oxygens (including phenoxy) is 3. The lowest BCUT2D eigenvalue weighted by molar-refractivity contribution is 0.104. The fourth-order valence-electron chi connectivity index (χ4n) is 3.08. The van der Waals surface area contributed by atoms with Crippen molar-refractivity contribution in [2.75, 3.05) is 21.3 Å². The molecule has 0 aliphatic heterocycles. The second-order valence-electron chi connectivity index (χ2n) is 6.80. The minimum Gasteiger partial charge on any atom is -0.507 e. The number of phenolic OH excluding ortho intramolecular Hbond substituents is 1. The van der Waals surface area contributed by atoms with Gasteiger partial charge < -0.3 is 19.3 Å². The summed E-state index contributed by atoms with van der Waals surface area (Å²) in [6.45, 7) is 0. The Morgan fingerprint density at radius 1 is 0.844 bits per heavy atom. The van der Waals surface area contributed by atoms with Crippen LogP contribution in [-0.2, 0) is 0 Å². The molecule has 0 amide bonds. The van der Waals surface area contributed by atoms with Crippen LogP contribution in [0.4, 0.5) is 0 Å². The molecule has 0 atom stereocenters. The average Bonchev–Trinajstić information content (AvgIpc) is 2.82. The van der Waals surface area contributed by atoms with Gasteiger partial charge in [0.05, 0.1) is 26.9 Å². The third kappa shape index (κ3) is 5.50. The number of hydrogen-bond acceptors (Lipinski definition) is 5. The summed E-state index contributed by atoms with van der Waals surface area (Å²) in [5, 5.41) is 10.4. The van der Waals surface area contributed by atoms with Crippen LogP contribution in [0.25, 0.3) is 18.2 Å². The van der Waals surface area contributed by atoms with E-state index in [1.165, 1.54) is 24.3 Å². The molecule has 3 aromatic carbocycles. The number of allylic oxidation sites excluding steroid dienone is 1. The Labute approximate surface area is 192 Å². The molecule has 3 aromatic rings. The summed E-state index contributed by atoms with van der Waals surface area (Å²) < 4.78 is 16.1. The number of ketones is 1. The first-order valence-corrected chi connectivity index (χ1v) is 10.1. The first-order valence-electron chi connectivity index (χ1n) is 9.74. The van der Waals surface area contributed by atoms with Crippen LogP contribution < -0.4 is 14.2 Å². The molecule has 32 heavy (non-hydrogen) atoms. The van der Waals surface area contributed by atoms with Crippen molar-refractivity contribution in [1.82, 2.24) is 0 Å². The van der Waals surface area contributed by atoms with E-state index in [4.69, 9.17) is 25.8 Å². The van der Waals surface area contributed by atoms with E-state index in [0.717, 1.165) is 16.9 Å². The minimum atomic E-state index is -0.382. The molecule has 0 saturated carbocycles. The maximum Gasteiger partial charge on any atom is 0.189 e. The molecule has 0 aliphatic rings. The highest BCUT2D eigenvalue weighted by Gasteiger charge is 2.12. The number of carbonyl (C=O) groups excluding carboxylic acids is 1. The van der Waals surface area contributed by atoms with Gasteiger partial charge in [0.25, 0.3) is 0 Å². The van der Waals surface area contributed by atoms with E-state index in [1.54, 1.807) is 33.5 Å². The van der Waals surface area contributed by atoms with Gasteiger partial charge in [-0.1, -0.05) is 35.9 Å². The number of methoxy groups -OCH3 is 3. The van der Waals surface area contributed by atoms with Gasteiger partial charge in [-0.05, 0) is 59.7 Å². The van der Waals surface area contributed by atoms with Crippen LogP contribution in [0.5, 0.6) is 23.0 Å². The number of phenols is 1. The molecular formula is C26H23ClO5. The largest absolute Gasteiger partial charge is 0.507 e. The summed E-state index contributed by atoms with van der Waals surface area (Å²) in [7, 11) is 4.75. The summed E-state index contributed by atoms with van der Waals surface area (Å²) in [4.78, 5) is 12.7. The molecule has 0 saturated heterocycles. The molecule has 164 valence electrons. The van der Waals surface area contributed by atoms with Crippen LogP contribution >= 0.6 is 11.6 Å². The Hall–Kier alpha value is -3.70. The number of hydrogen-bond donors (Lipinski definition) is 1. The Bertz CT molecular complexity index is 1160. The first kappa shape index (κ1) is 23.0. The van der Waals surface area contributed by atoms with Crippen LogP contribution in [0.1, 0.15) is 27.0 Å². The van der Waals surface area contributed by atoms with Crippen molar-refractivity contribution < 1.29 is 24.1 Å². The zero-order valence-electron chi connectivity index (χ0n) is 18.0. The number of halogens is 1. The van der Waals surface area contributed by atoms with Crippen LogP contribution in [0.3, 0.4) is 0 Å². The Morgan fingerprint density at radius 2 is 1.56 bits per heavy atom. The van der Waals surface area contributed by atoms with Gasteiger partial charge in [-0.15, -0.1) is 0 Å². The van der Waals surface area contributed by atoms with Crippen LogP contribution in [-0.4, -0.2) is 32.2 Å². The van der Waals surface area contributed by atoms with Crippen molar-refractivity contribution in [3.05, 3.63) is 87.9 Å². The second kappa shape index (κ2) is 10.6. The van der Waals surface area contributed by atoms with Crippen molar-refractivity contribution in [3.63, 3.8) is 0 Å². The summed E-state index contributed by atoms with van der Waals surface area (Å²) in [6, 6.07) is 15.6. The average molecular weight is 451 g/mol. The smallest absolute Gasteiger partial charge is 0.189 e. The molecule has 0 bridgehead atoms. The van der Waals surface area contributed by atoms with Gasteiger partial charge in [0, 0.05) is 16.7 Å². The number of aromatic hydroxyl groups is 1. The predicted octanol–water partition coefficient (Wildman–Crippen LogP) is 6.14. The van der Waals surface area contributed by atoms with Crippen LogP contribution in [0, 0.1) is 0 Å². The van der Waals surface area contributed by atoms with E-state index < -0.39 is 0 Å². The lowest BCUT2D eigenvalue weighted by atomic mass is 10.0. The van der Waals surface area contributed by atoms with E-state index in [2.05, 4.69) is 0 Å². The summed E-state index contributed by atoms with van der Waals surface area (Å²) in [6.07, 6.45) is 6.87. The van der Waals surface area contributed by atoms with Gasteiger partial charge >= 0.3 is 0 Å². The van der Waals surface area contributed by atoms with Gasteiger partial charge in [0.2, 0.25) is 0 Å². The van der Waals surface area contributed by atoms with E-state index >= 15 is 0 Å². The first-order chi connectivity index (χ1) is 15.4. The fraction of sp³-hybridized carbons (Fsp3) is 0.115. The molecule has 3 rings (SSSR count). The molecular weight excluding hydrogens is 428 g/mol. The van der Waals surface area contributed by atoms with Gasteiger partial charge in [-0.2, -0.15) is 0 Å². The molecule has 0 unspecified atom stereocenters. The zero-order chi connectivity index (χ0) is 23.1. The van der Waals surface area contributed by atoms with Gasteiger partial charge in [0.1, 0.15) is 23.0 Å². The quantitative estimate of drug-likeness (QED) is 0.254. The van der Waals surface area contributed by atoms with E-state index in [9.17, 15) is 9.90 Å².